The van der Waals surface area contributed by atoms with Crippen molar-refractivity contribution in [2.45, 2.75) is 33.4 Å². The van der Waals surface area contributed by atoms with E-state index in [1.807, 2.05) is 12.3 Å². The normalized spacial score (nSPS) is 12.4. The molecule has 2 heteroatoms. The van der Waals surface area contributed by atoms with Gasteiger partial charge in [-0.1, -0.05) is 35.9 Å². The van der Waals surface area contributed by atoms with Crippen LogP contribution in [0.5, 0.6) is 0 Å². The van der Waals surface area contributed by atoms with Crippen LogP contribution in [0.15, 0.2) is 42.6 Å². The Hall–Kier alpha value is -1.67. The third-order valence-corrected chi connectivity index (χ3v) is 3.27. The molecule has 0 aliphatic rings. The average molecular weight is 240 g/mol. The van der Waals surface area contributed by atoms with E-state index in [0.29, 0.717) is 6.04 Å². The minimum Gasteiger partial charge on any atom is -0.305 e. The average Bonchev–Trinajstić information content (AvgIpc) is 2.38. The van der Waals surface area contributed by atoms with E-state index in [1.165, 1.54) is 16.7 Å². The van der Waals surface area contributed by atoms with Crippen LogP contribution in [0.4, 0.5) is 0 Å². The Balaban J connectivity index is 1.98. The minimum atomic E-state index is 0.340. The standard InChI is InChI=1S/C16H20N2/c1-12-6-8-15(9-7-12)14(3)18-11-16-13(2)5-4-10-17-16/h4-10,14,18H,11H2,1-3H3/t14-/m0/s1. The lowest BCUT2D eigenvalue weighted by molar-refractivity contribution is 0.566. The Morgan fingerprint density at radius 3 is 2.50 bits per heavy atom. The second-order valence-corrected chi connectivity index (χ2v) is 4.78. The largest absolute Gasteiger partial charge is 0.305 e. The van der Waals surface area contributed by atoms with Gasteiger partial charge < -0.3 is 5.32 Å². The Bertz CT molecular complexity index is 503. The molecule has 0 saturated carbocycles. The molecule has 1 aromatic carbocycles. The number of aromatic nitrogens is 1. The van der Waals surface area contributed by atoms with E-state index >= 15 is 0 Å². The Labute approximate surface area is 109 Å². The Morgan fingerprint density at radius 1 is 1.11 bits per heavy atom. The van der Waals surface area contributed by atoms with Gasteiger partial charge in [0, 0.05) is 18.8 Å². The van der Waals surface area contributed by atoms with Gasteiger partial charge in [-0.25, -0.2) is 0 Å². The first-order valence-electron chi connectivity index (χ1n) is 6.37. The quantitative estimate of drug-likeness (QED) is 0.884. The fraction of sp³-hybridized carbons (Fsp3) is 0.312. The summed E-state index contributed by atoms with van der Waals surface area (Å²) >= 11 is 0. The van der Waals surface area contributed by atoms with Gasteiger partial charge in [0.15, 0.2) is 0 Å². The molecule has 1 heterocycles. The number of hydrogen-bond acceptors (Lipinski definition) is 2. The smallest absolute Gasteiger partial charge is 0.0570 e. The van der Waals surface area contributed by atoms with E-state index in [4.69, 9.17) is 0 Å². The predicted molar refractivity (Wildman–Crippen MR) is 75.4 cm³/mol. The minimum absolute atomic E-state index is 0.340. The third kappa shape index (κ3) is 3.17. The van der Waals surface area contributed by atoms with Crippen molar-refractivity contribution in [2.75, 3.05) is 0 Å². The summed E-state index contributed by atoms with van der Waals surface area (Å²) in [6.45, 7) is 7.20. The summed E-state index contributed by atoms with van der Waals surface area (Å²) in [5.74, 6) is 0. The summed E-state index contributed by atoms with van der Waals surface area (Å²) in [7, 11) is 0. The monoisotopic (exact) mass is 240 g/mol. The molecule has 2 nitrogen and oxygen atoms in total. The maximum absolute atomic E-state index is 4.40. The fourth-order valence-corrected chi connectivity index (χ4v) is 1.93. The molecule has 0 aliphatic heterocycles. The van der Waals surface area contributed by atoms with E-state index in [1.54, 1.807) is 0 Å². The molecule has 0 amide bonds. The zero-order valence-corrected chi connectivity index (χ0v) is 11.3. The van der Waals surface area contributed by atoms with Crippen LogP contribution in [0.3, 0.4) is 0 Å². The van der Waals surface area contributed by atoms with E-state index in [0.717, 1.165) is 12.2 Å². The third-order valence-electron chi connectivity index (χ3n) is 3.27. The van der Waals surface area contributed by atoms with Crippen molar-refractivity contribution >= 4 is 0 Å². The van der Waals surface area contributed by atoms with Crippen molar-refractivity contribution in [2.24, 2.45) is 0 Å². The van der Waals surface area contributed by atoms with Gasteiger partial charge in [0.1, 0.15) is 0 Å². The number of nitrogens with zero attached hydrogens (tertiary/aromatic N) is 1. The van der Waals surface area contributed by atoms with Crippen molar-refractivity contribution in [1.82, 2.24) is 10.3 Å². The number of benzene rings is 1. The number of nitrogens with one attached hydrogen (secondary N) is 1. The second kappa shape index (κ2) is 5.78. The number of aryl methyl sites for hydroxylation is 2. The summed E-state index contributed by atoms with van der Waals surface area (Å²) < 4.78 is 0. The zero-order valence-electron chi connectivity index (χ0n) is 11.3. The maximum Gasteiger partial charge on any atom is 0.0570 e. The van der Waals surface area contributed by atoms with E-state index in [2.05, 4.69) is 61.4 Å². The van der Waals surface area contributed by atoms with Crippen molar-refractivity contribution in [3.05, 3.63) is 65.0 Å². The second-order valence-electron chi connectivity index (χ2n) is 4.78. The van der Waals surface area contributed by atoms with Crippen molar-refractivity contribution in [3.63, 3.8) is 0 Å². The molecule has 2 rings (SSSR count). The molecule has 1 aromatic heterocycles. The molecule has 0 saturated heterocycles. The summed E-state index contributed by atoms with van der Waals surface area (Å²) in [6.07, 6.45) is 1.85. The van der Waals surface area contributed by atoms with Crippen molar-refractivity contribution in [3.8, 4) is 0 Å². The lowest BCUT2D eigenvalue weighted by atomic mass is 10.1. The summed E-state index contributed by atoms with van der Waals surface area (Å²) in [4.78, 5) is 4.40. The SMILES string of the molecule is Cc1ccc([C@H](C)NCc2ncccc2C)cc1. The van der Waals surface area contributed by atoms with Gasteiger partial charge >= 0.3 is 0 Å². The van der Waals surface area contributed by atoms with Gasteiger partial charge in [-0.3, -0.25) is 4.98 Å². The van der Waals surface area contributed by atoms with Gasteiger partial charge in [0.25, 0.3) is 0 Å². The molecule has 0 spiro atoms. The Morgan fingerprint density at radius 2 is 1.83 bits per heavy atom. The number of hydrogen-bond donors (Lipinski definition) is 1. The molecule has 1 N–H and O–H groups in total. The molecule has 0 bridgehead atoms. The first-order chi connectivity index (χ1) is 8.66. The maximum atomic E-state index is 4.40. The molecule has 0 radical (unpaired) electrons. The molecule has 0 unspecified atom stereocenters. The highest BCUT2D eigenvalue weighted by atomic mass is 14.9. The molecule has 18 heavy (non-hydrogen) atoms. The summed E-state index contributed by atoms with van der Waals surface area (Å²) in [5.41, 5.74) is 4.97. The van der Waals surface area contributed by atoms with Gasteiger partial charge in [-0.2, -0.15) is 0 Å². The van der Waals surface area contributed by atoms with Crippen LogP contribution in [0.2, 0.25) is 0 Å². The highest BCUT2D eigenvalue weighted by Gasteiger charge is 2.05. The van der Waals surface area contributed by atoms with Crippen LogP contribution < -0.4 is 5.32 Å². The summed E-state index contributed by atoms with van der Waals surface area (Å²) in [6, 6.07) is 13.1. The first kappa shape index (κ1) is 12.8. The van der Waals surface area contributed by atoms with Crippen molar-refractivity contribution in [1.29, 1.82) is 0 Å². The molecule has 2 aromatic rings. The van der Waals surface area contributed by atoms with Crippen LogP contribution in [-0.4, -0.2) is 4.98 Å². The molecular weight excluding hydrogens is 220 g/mol. The van der Waals surface area contributed by atoms with Gasteiger partial charge in [-0.15, -0.1) is 0 Å². The Kier molecular flexibility index (Phi) is 4.11. The highest BCUT2D eigenvalue weighted by molar-refractivity contribution is 5.24. The lowest BCUT2D eigenvalue weighted by Crippen LogP contribution is -2.19. The molecule has 0 aliphatic carbocycles. The lowest BCUT2D eigenvalue weighted by Gasteiger charge is -2.15. The number of pyridine rings is 1. The molecule has 1 atom stereocenters. The van der Waals surface area contributed by atoms with Crippen LogP contribution in [0.25, 0.3) is 0 Å². The zero-order chi connectivity index (χ0) is 13.0. The van der Waals surface area contributed by atoms with Gasteiger partial charge in [0.2, 0.25) is 0 Å². The predicted octanol–water partition coefficient (Wildman–Crippen LogP) is 3.55. The topological polar surface area (TPSA) is 24.9 Å². The molecular formula is C16H20N2. The van der Waals surface area contributed by atoms with E-state index < -0.39 is 0 Å². The van der Waals surface area contributed by atoms with Crippen LogP contribution in [0, 0.1) is 13.8 Å². The first-order valence-corrected chi connectivity index (χ1v) is 6.37. The van der Waals surface area contributed by atoms with E-state index in [-0.39, 0.29) is 0 Å². The molecule has 94 valence electrons. The van der Waals surface area contributed by atoms with Crippen molar-refractivity contribution < 1.29 is 0 Å². The fourth-order valence-electron chi connectivity index (χ4n) is 1.93. The van der Waals surface area contributed by atoms with Crippen LogP contribution in [0.1, 0.15) is 35.3 Å². The van der Waals surface area contributed by atoms with Gasteiger partial charge in [0.05, 0.1) is 5.69 Å². The van der Waals surface area contributed by atoms with Crippen LogP contribution in [-0.2, 0) is 6.54 Å². The summed E-state index contributed by atoms with van der Waals surface area (Å²) in [5, 5.41) is 3.51. The molecule has 0 fully saturated rings. The van der Waals surface area contributed by atoms with Crippen LogP contribution >= 0.6 is 0 Å². The highest BCUT2D eigenvalue weighted by Crippen LogP contribution is 2.14. The number of rotatable bonds is 4. The van der Waals surface area contributed by atoms with E-state index in [9.17, 15) is 0 Å². The van der Waals surface area contributed by atoms with Gasteiger partial charge in [-0.05, 0) is 38.0 Å².